The average Bonchev–Trinajstić information content (AvgIpc) is 2.54. The van der Waals surface area contributed by atoms with Gasteiger partial charge >= 0.3 is 5.97 Å². The first kappa shape index (κ1) is 14.4. The number of aromatic carboxylic acids is 1. The molecular formula is C16H19NO3S. The van der Waals surface area contributed by atoms with Crippen LogP contribution in [0.2, 0.25) is 0 Å². The van der Waals surface area contributed by atoms with E-state index in [-0.39, 0.29) is 11.2 Å². The number of thioether (sulfide) groups is 1. The lowest BCUT2D eigenvalue weighted by molar-refractivity contribution is -0.131. The maximum atomic E-state index is 12.6. The van der Waals surface area contributed by atoms with E-state index in [0.29, 0.717) is 12.1 Å². The predicted octanol–water partition coefficient (Wildman–Crippen LogP) is 2.56. The summed E-state index contributed by atoms with van der Waals surface area (Å²) in [5.41, 5.74) is 2.45. The number of hydrogen-bond donors (Lipinski definition) is 1. The van der Waals surface area contributed by atoms with Gasteiger partial charge in [-0.25, -0.2) is 4.79 Å². The van der Waals surface area contributed by atoms with Gasteiger partial charge in [-0.1, -0.05) is 12.5 Å². The molecule has 1 N–H and O–H groups in total. The number of amides is 1. The van der Waals surface area contributed by atoms with Crippen molar-refractivity contribution in [2.75, 3.05) is 12.3 Å². The monoisotopic (exact) mass is 305 g/mol. The molecule has 1 fully saturated rings. The number of carboxylic acids is 1. The second-order valence-electron chi connectivity index (χ2n) is 5.65. The molecule has 0 bridgehead atoms. The van der Waals surface area contributed by atoms with Gasteiger partial charge in [-0.2, -0.15) is 0 Å². The number of hydrogen-bond acceptors (Lipinski definition) is 3. The van der Waals surface area contributed by atoms with E-state index in [1.165, 1.54) is 12.0 Å². The van der Waals surface area contributed by atoms with Gasteiger partial charge in [0.15, 0.2) is 0 Å². The number of rotatable bonds is 2. The van der Waals surface area contributed by atoms with E-state index in [1.54, 1.807) is 23.9 Å². The highest BCUT2D eigenvalue weighted by molar-refractivity contribution is 8.00. The summed E-state index contributed by atoms with van der Waals surface area (Å²) in [6, 6.07) is 5.25. The fraction of sp³-hybridized carbons (Fsp3) is 0.500. The maximum Gasteiger partial charge on any atom is 0.335 e. The van der Waals surface area contributed by atoms with Gasteiger partial charge in [0.05, 0.1) is 10.8 Å². The number of carboxylic acid groups (broad SMARTS) is 1. The molecule has 0 spiro atoms. The van der Waals surface area contributed by atoms with Crippen molar-refractivity contribution < 1.29 is 14.7 Å². The Kier molecular flexibility index (Phi) is 4.19. The molecule has 2 aliphatic rings. The summed E-state index contributed by atoms with van der Waals surface area (Å²) in [5.74, 6) is 0.388. The molecular weight excluding hydrogens is 286 g/mol. The highest BCUT2D eigenvalue weighted by Gasteiger charge is 2.29. The first-order chi connectivity index (χ1) is 10.1. The Bertz CT molecular complexity index is 567. The van der Waals surface area contributed by atoms with Gasteiger partial charge in [-0.15, -0.1) is 11.8 Å². The van der Waals surface area contributed by atoms with E-state index >= 15 is 0 Å². The molecule has 0 saturated carbocycles. The van der Waals surface area contributed by atoms with E-state index < -0.39 is 5.97 Å². The molecule has 0 aliphatic carbocycles. The van der Waals surface area contributed by atoms with Gasteiger partial charge in [0, 0.05) is 13.1 Å². The van der Waals surface area contributed by atoms with Crippen LogP contribution in [0.1, 0.15) is 40.7 Å². The molecule has 1 aromatic carbocycles. The van der Waals surface area contributed by atoms with Gasteiger partial charge in [-0.3, -0.25) is 4.79 Å². The molecule has 1 saturated heterocycles. The van der Waals surface area contributed by atoms with E-state index in [0.717, 1.165) is 37.1 Å². The number of benzene rings is 1. The Labute approximate surface area is 128 Å². The molecule has 4 nitrogen and oxygen atoms in total. The molecule has 21 heavy (non-hydrogen) atoms. The third kappa shape index (κ3) is 3.07. The number of carbonyl (C=O) groups is 2. The molecule has 1 unspecified atom stereocenters. The molecule has 1 amide bonds. The second-order valence-corrected chi connectivity index (χ2v) is 6.96. The van der Waals surface area contributed by atoms with Crippen molar-refractivity contribution in [3.8, 4) is 0 Å². The van der Waals surface area contributed by atoms with Crippen LogP contribution in [-0.4, -0.2) is 39.4 Å². The average molecular weight is 305 g/mol. The quantitative estimate of drug-likeness (QED) is 0.912. The van der Waals surface area contributed by atoms with Crippen LogP contribution < -0.4 is 0 Å². The Morgan fingerprint density at radius 3 is 2.81 bits per heavy atom. The van der Waals surface area contributed by atoms with Crippen molar-refractivity contribution >= 4 is 23.6 Å². The Morgan fingerprint density at radius 2 is 2.10 bits per heavy atom. The zero-order chi connectivity index (χ0) is 14.8. The minimum absolute atomic E-state index is 0.1000. The normalized spacial score (nSPS) is 21.7. The van der Waals surface area contributed by atoms with E-state index in [9.17, 15) is 9.59 Å². The second kappa shape index (κ2) is 6.10. The zero-order valence-electron chi connectivity index (χ0n) is 11.9. The fourth-order valence-corrected chi connectivity index (χ4v) is 4.30. The highest BCUT2D eigenvalue weighted by atomic mass is 32.2. The minimum Gasteiger partial charge on any atom is -0.478 e. The molecule has 112 valence electrons. The summed E-state index contributed by atoms with van der Waals surface area (Å²) in [4.78, 5) is 25.5. The topological polar surface area (TPSA) is 57.6 Å². The standard InChI is InChI=1S/C16H19NO3S/c18-15(14-3-1-2-8-21-14)17-7-6-11-4-5-12(16(19)20)9-13(11)10-17/h4-5,9,14H,1-3,6-8,10H2,(H,19,20). The van der Waals surface area contributed by atoms with Crippen molar-refractivity contribution in [2.45, 2.75) is 37.5 Å². The fourth-order valence-electron chi connectivity index (χ4n) is 3.02. The van der Waals surface area contributed by atoms with Gasteiger partial charge in [0.2, 0.25) is 5.91 Å². The van der Waals surface area contributed by atoms with Crippen LogP contribution in [0, 0.1) is 0 Å². The highest BCUT2D eigenvalue weighted by Crippen LogP contribution is 2.29. The SMILES string of the molecule is O=C(O)c1ccc2c(c1)CN(C(=O)C1CCCCS1)CC2. The van der Waals surface area contributed by atoms with Crippen LogP contribution >= 0.6 is 11.8 Å². The summed E-state index contributed by atoms with van der Waals surface area (Å²) in [6.07, 6.45) is 4.14. The smallest absolute Gasteiger partial charge is 0.335 e. The Morgan fingerprint density at radius 1 is 1.24 bits per heavy atom. The maximum absolute atomic E-state index is 12.6. The van der Waals surface area contributed by atoms with Crippen molar-refractivity contribution in [3.05, 3.63) is 34.9 Å². The lowest BCUT2D eigenvalue weighted by atomic mass is 9.97. The summed E-state index contributed by atoms with van der Waals surface area (Å²) in [6.45, 7) is 1.29. The molecule has 2 aliphatic heterocycles. The van der Waals surface area contributed by atoms with Gasteiger partial charge in [0.25, 0.3) is 0 Å². The number of nitrogens with zero attached hydrogens (tertiary/aromatic N) is 1. The number of carbonyl (C=O) groups excluding carboxylic acids is 1. The largest absolute Gasteiger partial charge is 0.478 e. The Balaban J connectivity index is 1.75. The summed E-state index contributed by atoms with van der Waals surface area (Å²) in [7, 11) is 0. The van der Waals surface area contributed by atoms with Gasteiger partial charge in [0.1, 0.15) is 0 Å². The van der Waals surface area contributed by atoms with Crippen LogP contribution in [0.15, 0.2) is 18.2 Å². The summed E-state index contributed by atoms with van der Waals surface area (Å²) in [5, 5.41) is 9.18. The third-order valence-corrected chi connectivity index (χ3v) is 5.60. The van der Waals surface area contributed by atoms with Gasteiger partial charge < -0.3 is 10.0 Å². The molecule has 1 aromatic rings. The minimum atomic E-state index is -0.913. The van der Waals surface area contributed by atoms with Crippen LogP contribution in [0.5, 0.6) is 0 Å². The lowest BCUT2D eigenvalue weighted by Gasteiger charge is -2.33. The molecule has 2 heterocycles. The van der Waals surface area contributed by atoms with Crippen LogP contribution in [0.4, 0.5) is 0 Å². The van der Waals surface area contributed by atoms with Crippen LogP contribution in [0.3, 0.4) is 0 Å². The van der Waals surface area contributed by atoms with Crippen LogP contribution in [-0.2, 0) is 17.8 Å². The number of fused-ring (bicyclic) bond motifs is 1. The van der Waals surface area contributed by atoms with Gasteiger partial charge in [-0.05, 0) is 48.3 Å². The van der Waals surface area contributed by atoms with Crippen molar-refractivity contribution in [3.63, 3.8) is 0 Å². The van der Waals surface area contributed by atoms with Crippen molar-refractivity contribution in [1.29, 1.82) is 0 Å². The molecule has 5 heteroatoms. The van der Waals surface area contributed by atoms with Crippen molar-refractivity contribution in [2.24, 2.45) is 0 Å². The van der Waals surface area contributed by atoms with E-state index in [4.69, 9.17) is 5.11 Å². The van der Waals surface area contributed by atoms with Crippen molar-refractivity contribution in [1.82, 2.24) is 4.90 Å². The first-order valence-electron chi connectivity index (χ1n) is 7.40. The van der Waals surface area contributed by atoms with E-state index in [2.05, 4.69) is 0 Å². The lowest BCUT2D eigenvalue weighted by Crippen LogP contribution is -2.41. The summed E-state index contributed by atoms with van der Waals surface area (Å²) >= 11 is 1.77. The Hall–Kier alpha value is -1.49. The van der Waals surface area contributed by atoms with E-state index in [1.807, 2.05) is 11.0 Å². The molecule has 1 atom stereocenters. The summed E-state index contributed by atoms with van der Waals surface area (Å²) < 4.78 is 0. The molecule has 0 aromatic heterocycles. The molecule has 3 rings (SSSR count). The van der Waals surface area contributed by atoms with Crippen LogP contribution in [0.25, 0.3) is 0 Å². The first-order valence-corrected chi connectivity index (χ1v) is 8.45. The predicted molar refractivity (Wildman–Crippen MR) is 82.6 cm³/mol. The third-order valence-electron chi connectivity index (χ3n) is 4.23. The zero-order valence-corrected chi connectivity index (χ0v) is 12.7. The molecule has 0 radical (unpaired) electrons.